The molecule has 0 fully saturated rings. The number of nitrogens with zero attached hydrogens (tertiary/aromatic N) is 3. The fraction of sp³-hybridized carbons (Fsp3) is 0.250. The summed E-state index contributed by atoms with van der Waals surface area (Å²) in [6, 6.07) is 2.66. The van der Waals surface area contributed by atoms with Crippen LogP contribution in [0.15, 0.2) is 17.2 Å². The third kappa shape index (κ3) is 1.86. The number of methoxy groups -OCH3 is 2. The molecule has 0 aromatic heterocycles. The number of rotatable bonds is 3. The Bertz CT molecular complexity index is 388. The highest BCUT2D eigenvalue weighted by Gasteiger charge is 2.10. The van der Waals surface area contributed by atoms with E-state index < -0.39 is 5.82 Å². The molecule has 5 nitrogen and oxygen atoms in total. The van der Waals surface area contributed by atoms with Crippen molar-refractivity contribution >= 4 is 5.69 Å². The summed E-state index contributed by atoms with van der Waals surface area (Å²) in [6.07, 6.45) is 0. The highest BCUT2D eigenvalue weighted by molar-refractivity contribution is 5.51. The Kier molecular flexibility index (Phi) is 3.14. The number of hydrogen-bond acceptors (Lipinski definition) is 3. The third-order valence-corrected chi connectivity index (χ3v) is 1.60. The summed E-state index contributed by atoms with van der Waals surface area (Å²) < 4.78 is 22.9. The van der Waals surface area contributed by atoms with Crippen LogP contribution in [0.1, 0.15) is 0 Å². The van der Waals surface area contributed by atoms with E-state index in [4.69, 9.17) is 15.0 Å². The van der Waals surface area contributed by atoms with Crippen molar-refractivity contribution in [3.8, 4) is 11.5 Å². The van der Waals surface area contributed by atoms with Gasteiger partial charge in [-0.05, 0) is 11.6 Å². The van der Waals surface area contributed by atoms with E-state index in [-0.39, 0.29) is 11.4 Å². The van der Waals surface area contributed by atoms with E-state index >= 15 is 0 Å². The van der Waals surface area contributed by atoms with Crippen LogP contribution in [0.2, 0.25) is 0 Å². The minimum atomic E-state index is -0.703. The molecule has 0 bridgehead atoms. The van der Waals surface area contributed by atoms with Crippen LogP contribution in [-0.2, 0) is 0 Å². The van der Waals surface area contributed by atoms with Crippen LogP contribution in [0.25, 0.3) is 10.4 Å². The molecule has 0 heterocycles. The first-order valence-electron chi connectivity index (χ1n) is 3.69. The molecule has 0 saturated heterocycles. The fourth-order valence-electron chi connectivity index (χ4n) is 0.946. The lowest BCUT2D eigenvalue weighted by Crippen LogP contribution is -1.90. The minimum absolute atomic E-state index is 0.0215. The lowest BCUT2D eigenvalue weighted by atomic mass is 10.2. The Morgan fingerprint density at radius 2 is 2.07 bits per heavy atom. The van der Waals surface area contributed by atoms with Gasteiger partial charge >= 0.3 is 0 Å². The summed E-state index contributed by atoms with van der Waals surface area (Å²) in [5.41, 5.74) is 8.03. The zero-order valence-corrected chi connectivity index (χ0v) is 7.69. The molecule has 0 aliphatic heterocycles. The monoisotopic (exact) mass is 197 g/mol. The molecule has 0 spiro atoms. The van der Waals surface area contributed by atoms with Gasteiger partial charge in [-0.2, -0.15) is 0 Å². The SMILES string of the molecule is COc1cc(N=[N+]=[N-])c(F)c(OC)c1. The number of ether oxygens (including phenoxy) is 2. The summed E-state index contributed by atoms with van der Waals surface area (Å²) in [7, 11) is 2.74. The van der Waals surface area contributed by atoms with Gasteiger partial charge in [0, 0.05) is 11.0 Å². The maximum absolute atomic E-state index is 13.3. The first kappa shape index (κ1) is 10.1. The molecular formula is C8H8FN3O2. The second-order valence-corrected chi connectivity index (χ2v) is 2.35. The molecule has 0 aliphatic rings. The largest absolute Gasteiger partial charge is 0.497 e. The summed E-state index contributed by atoms with van der Waals surface area (Å²) in [6.45, 7) is 0. The topological polar surface area (TPSA) is 67.2 Å². The molecule has 1 rings (SSSR count). The van der Waals surface area contributed by atoms with Crippen LogP contribution < -0.4 is 9.47 Å². The van der Waals surface area contributed by atoms with E-state index in [0.717, 1.165) is 0 Å². The quantitative estimate of drug-likeness (QED) is 0.424. The van der Waals surface area contributed by atoms with Gasteiger partial charge in [0.25, 0.3) is 0 Å². The molecule has 0 saturated carbocycles. The van der Waals surface area contributed by atoms with Gasteiger partial charge in [0.15, 0.2) is 11.6 Å². The Balaban J connectivity index is 3.33. The van der Waals surface area contributed by atoms with Crippen LogP contribution in [0.5, 0.6) is 11.5 Å². The van der Waals surface area contributed by atoms with Crippen molar-refractivity contribution in [3.05, 3.63) is 28.4 Å². The van der Waals surface area contributed by atoms with Gasteiger partial charge in [-0.3, -0.25) is 0 Å². The predicted molar refractivity (Wildman–Crippen MR) is 48.3 cm³/mol. The van der Waals surface area contributed by atoms with Crippen LogP contribution in [0.3, 0.4) is 0 Å². The zero-order valence-electron chi connectivity index (χ0n) is 7.69. The van der Waals surface area contributed by atoms with Crippen LogP contribution in [0.4, 0.5) is 10.1 Å². The Morgan fingerprint density at radius 1 is 1.36 bits per heavy atom. The van der Waals surface area contributed by atoms with E-state index in [9.17, 15) is 4.39 Å². The minimum Gasteiger partial charge on any atom is -0.497 e. The Morgan fingerprint density at radius 3 is 2.57 bits per heavy atom. The first-order chi connectivity index (χ1) is 6.72. The number of halogens is 1. The molecule has 0 atom stereocenters. The molecule has 1 aromatic carbocycles. The number of hydrogen-bond donors (Lipinski definition) is 0. The second-order valence-electron chi connectivity index (χ2n) is 2.35. The average molecular weight is 197 g/mol. The molecule has 74 valence electrons. The zero-order chi connectivity index (χ0) is 10.6. The summed E-state index contributed by atoms with van der Waals surface area (Å²) in [4.78, 5) is 2.49. The van der Waals surface area contributed by atoms with Crippen molar-refractivity contribution < 1.29 is 13.9 Å². The molecule has 6 heteroatoms. The second kappa shape index (κ2) is 4.34. The van der Waals surface area contributed by atoms with Gasteiger partial charge < -0.3 is 9.47 Å². The van der Waals surface area contributed by atoms with E-state index in [1.54, 1.807) is 0 Å². The van der Waals surface area contributed by atoms with Crippen LogP contribution >= 0.6 is 0 Å². The Labute approximate surface area is 79.7 Å². The van der Waals surface area contributed by atoms with Gasteiger partial charge in [0.1, 0.15) is 5.75 Å². The highest BCUT2D eigenvalue weighted by atomic mass is 19.1. The molecule has 0 N–H and O–H groups in total. The van der Waals surface area contributed by atoms with E-state index in [0.29, 0.717) is 5.75 Å². The van der Waals surface area contributed by atoms with Gasteiger partial charge in [-0.25, -0.2) is 4.39 Å². The van der Waals surface area contributed by atoms with E-state index in [1.165, 1.54) is 26.4 Å². The maximum atomic E-state index is 13.3. The van der Waals surface area contributed by atoms with Crippen LogP contribution in [0, 0.1) is 5.82 Å². The Hall–Kier alpha value is -1.94. The van der Waals surface area contributed by atoms with Crippen molar-refractivity contribution in [2.45, 2.75) is 0 Å². The molecule has 1 aromatic rings. The van der Waals surface area contributed by atoms with Gasteiger partial charge in [-0.15, -0.1) is 0 Å². The average Bonchev–Trinajstić information content (AvgIpc) is 2.21. The molecular weight excluding hydrogens is 189 g/mol. The standard InChI is InChI=1S/C8H8FN3O2/c1-13-5-3-6(11-12-10)8(9)7(4-5)14-2/h3-4H,1-2H3. The normalized spacial score (nSPS) is 9.07. The molecule has 0 radical (unpaired) electrons. The lowest BCUT2D eigenvalue weighted by Gasteiger charge is -2.06. The summed E-state index contributed by atoms with van der Waals surface area (Å²) in [5.74, 6) is -0.358. The summed E-state index contributed by atoms with van der Waals surface area (Å²) in [5, 5.41) is 3.17. The predicted octanol–water partition coefficient (Wildman–Crippen LogP) is 2.78. The van der Waals surface area contributed by atoms with Crippen molar-refractivity contribution in [1.82, 2.24) is 0 Å². The smallest absolute Gasteiger partial charge is 0.174 e. The molecule has 0 amide bonds. The molecule has 14 heavy (non-hydrogen) atoms. The van der Waals surface area contributed by atoms with Crippen molar-refractivity contribution in [1.29, 1.82) is 0 Å². The highest BCUT2D eigenvalue weighted by Crippen LogP contribution is 2.32. The number of benzene rings is 1. The van der Waals surface area contributed by atoms with E-state index in [1.807, 2.05) is 0 Å². The van der Waals surface area contributed by atoms with E-state index in [2.05, 4.69) is 10.0 Å². The first-order valence-corrected chi connectivity index (χ1v) is 3.69. The number of azide groups is 1. The maximum Gasteiger partial charge on any atom is 0.174 e. The van der Waals surface area contributed by atoms with Crippen molar-refractivity contribution in [2.75, 3.05) is 14.2 Å². The van der Waals surface area contributed by atoms with Gasteiger partial charge in [0.05, 0.1) is 19.9 Å². The van der Waals surface area contributed by atoms with Crippen LogP contribution in [-0.4, -0.2) is 14.2 Å². The fourth-order valence-corrected chi connectivity index (χ4v) is 0.946. The summed E-state index contributed by atoms with van der Waals surface area (Å²) >= 11 is 0. The van der Waals surface area contributed by atoms with Crippen molar-refractivity contribution in [3.63, 3.8) is 0 Å². The van der Waals surface area contributed by atoms with Gasteiger partial charge in [0.2, 0.25) is 0 Å². The molecule has 0 aliphatic carbocycles. The third-order valence-electron chi connectivity index (χ3n) is 1.60. The van der Waals surface area contributed by atoms with Gasteiger partial charge in [-0.1, -0.05) is 5.11 Å². The lowest BCUT2D eigenvalue weighted by molar-refractivity contribution is 0.374. The van der Waals surface area contributed by atoms with Crippen molar-refractivity contribution in [2.24, 2.45) is 5.11 Å². The molecule has 0 unspecified atom stereocenters.